The normalized spacial score (nSPS) is 15.2. The number of hydrogen-bond acceptors (Lipinski definition) is 3. The topological polar surface area (TPSA) is 58.6 Å². The second kappa shape index (κ2) is 10.8. The number of amides is 2. The highest BCUT2D eigenvalue weighted by atomic mass is 16.5. The average Bonchev–Trinajstić information content (AvgIpc) is 3.07. The first-order chi connectivity index (χ1) is 14.6. The highest BCUT2D eigenvalue weighted by molar-refractivity contribution is 6.04. The Kier molecular flexibility index (Phi) is 7.89. The SMILES string of the molecule is CC[C@H](C)c1ccc(OCC(=O)Nc2ccccc2C(=O)N2CCCCCC2)cc1. The molecule has 0 aliphatic carbocycles. The van der Waals surface area contributed by atoms with Crippen molar-refractivity contribution in [1.82, 2.24) is 4.90 Å². The summed E-state index contributed by atoms with van der Waals surface area (Å²) in [6.45, 7) is 5.80. The van der Waals surface area contributed by atoms with Crippen molar-refractivity contribution >= 4 is 17.5 Å². The van der Waals surface area contributed by atoms with Gasteiger partial charge in [0.1, 0.15) is 5.75 Å². The second-order valence-corrected chi connectivity index (χ2v) is 7.97. The molecule has 2 aromatic rings. The third-order valence-electron chi connectivity index (χ3n) is 5.76. The number of carbonyl (C=O) groups excluding carboxylic acids is 2. The van der Waals surface area contributed by atoms with Gasteiger partial charge in [-0.25, -0.2) is 0 Å². The number of nitrogens with one attached hydrogen (secondary N) is 1. The molecule has 1 saturated heterocycles. The van der Waals surface area contributed by atoms with E-state index in [-0.39, 0.29) is 18.4 Å². The fourth-order valence-corrected chi connectivity index (χ4v) is 3.69. The standard InChI is InChI=1S/C25H32N2O3/c1-3-19(2)20-12-14-21(15-13-20)30-18-24(28)26-23-11-7-6-10-22(23)25(29)27-16-8-4-5-9-17-27/h6-7,10-15,19H,3-5,8-9,16-18H2,1-2H3,(H,26,28)/t19-/m0/s1. The van der Waals surface area contributed by atoms with Crippen LogP contribution in [-0.2, 0) is 4.79 Å². The van der Waals surface area contributed by atoms with E-state index in [1.54, 1.807) is 12.1 Å². The molecule has 0 aromatic heterocycles. The molecular formula is C25H32N2O3. The molecule has 0 unspecified atom stereocenters. The number of carbonyl (C=O) groups is 2. The van der Waals surface area contributed by atoms with Crippen LogP contribution >= 0.6 is 0 Å². The number of nitrogens with zero attached hydrogens (tertiary/aromatic N) is 1. The molecule has 1 atom stereocenters. The first-order valence-corrected chi connectivity index (χ1v) is 11.0. The number of likely N-dealkylation sites (tertiary alicyclic amines) is 1. The summed E-state index contributed by atoms with van der Waals surface area (Å²) in [5.74, 6) is 0.859. The third-order valence-corrected chi connectivity index (χ3v) is 5.76. The number of ether oxygens (including phenoxy) is 1. The predicted octanol–water partition coefficient (Wildman–Crippen LogP) is 5.23. The molecule has 0 saturated carbocycles. The summed E-state index contributed by atoms with van der Waals surface area (Å²) >= 11 is 0. The summed E-state index contributed by atoms with van der Waals surface area (Å²) < 4.78 is 5.63. The molecule has 3 rings (SSSR count). The van der Waals surface area contributed by atoms with Crippen molar-refractivity contribution in [2.45, 2.75) is 51.9 Å². The number of benzene rings is 2. The number of anilines is 1. The van der Waals surface area contributed by atoms with Crippen molar-refractivity contribution in [2.24, 2.45) is 0 Å². The minimum Gasteiger partial charge on any atom is -0.484 e. The first kappa shape index (κ1) is 21.9. The minimum absolute atomic E-state index is 0.0191. The fraction of sp³-hybridized carbons (Fsp3) is 0.440. The molecule has 160 valence electrons. The first-order valence-electron chi connectivity index (χ1n) is 11.0. The van der Waals surface area contributed by atoms with Crippen molar-refractivity contribution in [3.05, 3.63) is 59.7 Å². The molecular weight excluding hydrogens is 376 g/mol. The van der Waals surface area contributed by atoms with E-state index in [0.29, 0.717) is 22.9 Å². The Morgan fingerprint density at radius 1 is 1.00 bits per heavy atom. The highest BCUT2D eigenvalue weighted by Gasteiger charge is 2.20. The lowest BCUT2D eigenvalue weighted by Gasteiger charge is -2.22. The Morgan fingerprint density at radius 2 is 1.67 bits per heavy atom. The lowest BCUT2D eigenvalue weighted by Crippen LogP contribution is -2.33. The van der Waals surface area contributed by atoms with Crippen molar-refractivity contribution in [3.63, 3.8) is 0 Å². The Bertz CT molecular complexity index is 840. The van der Waals surface area contributed by atoms with Crippen LogP contribution in [0.2, 0.25) is 0 Å². The summed E-state index contributed by atoms with van der Waals surface area (Å²) in [5, 5.41) is 2.84. The second-order valence-electron chi connectivity index (χ2n) is 7.97. The van der Waals surface area contributed by atoms with E-state index in [1.165, 1.54) is 5.56 Å². The molecule has 1 N–H and O–H groups in total. The zero-order valence-corrected chi connectivity index (χ0v) is 18.0. The molecule has 2 amide bonds. The largest absolute Gasteiger partial charge is 0.484 e. The van der Waals surface area contributed by atoms with Gasteiger partial charge in [-0.3, -0.25) is 9.59 Å². The van der Waals surface area contributed by atoms with E-state index in [1.807, 2.05) is 41.3 Å². The Hall–Kier alpha value is -2.82. The zero-order chi connectivity index (χ0) is 21.3. The molecule has 0 spiro atoms. The molecule has 0 bridgehead atoms. The lowest BCUT2D eigenvalue weighted by atomic mass is 9.99. The fourth-order valence-electron chi connectivity index (χ4n) is 3.69. The van der Waals surface area contributed by atoms with Gasteiger partial charge in [-0.1, -0.05) is 51.0 Å². The van der Waals surface area contributed by atoms with Gasteiger partial charge in [-0.2, -0.15) is 0 Å². The molecule has 1 aliphatic heterocycles. The zero-order valence-electron chi connectivity index (χ0n) is 18.0. The maximum absolute atomic E-state index is 13.0. The van der Waals surface area contributed by atoms with Gasteiger partial charge in [-0.05, 0) is 55.0 Å². The molecule has 5 nitrogen and oxygen atoms in total. The minimum atomic E-state index is -0.280. The van der Waals surface area contributed by atoms with Crippen LogP contribution in [-0.4, -0.2) is 36.4 Å². The smallest absolute Gasteiger partial charge is 0.262 e. The highest BCUT2D eigenvalue weighted by Crippen LogP contribution is 2.22. The molecule has 1 fully saturated rings. The van der Waals surface area contributed by atoms with E-state index in [9.17, 15) is 9.59 Å². The molecule has 2 aromatic carbocycles. The molecule has 30 heavy (non-hydrogen) atoms. The summed E-state index contributed by atoms with van der Waals surface area (Å²) in [5.41, 5.74) is 2.33. The van der Waals surface area contributed by atoms with Gasteiger partial charge >= 0.3 is 0 Å². The van der Waals surface area contributed by atoms with Crippen molar-refractivity contribution < 1.29 is 14.3 Å². The van der Waals surface area contributed by atoms with E-state index in [2.05, 4.69) is 19.2 Å². The number of para-hydroxylation sites is 1. The van der Waals surface area contributed by atoms with Crippen LogP contribution in [0.4, 0.5) is 5.69 Å². The molecule has 1 aliphatic rings. The maximum atomic E-state index is 13.0. The monoisotopic (exact) mass is 408 g/mol. The van der Waals surface area contributed by atoms with E-state index in [0.717, 1.165) is 45.2 Å². The molecule has 1 heterocycles. The van der Waals surface area contributed by atoms with Gasteiger partial charge in [0.2, 0.25) is 0 Å². The van der Waals surface area contributed by atoms with Gasteiger partial charge in [-0.15, -0.1) is 0 Å². The lowest BCUT2D eigenvalue weighted by molar-refractivity contribution is -0.118. The van der Waals surface area contributed by atoms with E-state index in [4.69, 9.17) is 4.74 Å². The van der Waals surface area contributed by atoms with Gasteiger partial charge < -0.3 is 15.0 Å². The maximum Gasteiger partial charge on any atom is 0.262 e. The van der Waals surface area contributed by atoms with Crippen molar-refractivity contribution in [3.8, 4) is 5.75 Å². The van der Waals surface area contributed by atoms with Crippen molar-refractivity contribution in [1.29, 1.82) is 0 Å². The van der Waals surface area contributed by atoms with Crippen molar-refractivity contribution in [2.75, 3.05) is 25.0 Å². The van der Waals surface area contributed by atoms with Crippen LogP contribution in [0.5, 0.6) is 5.75 Å². The Labute approximate surface area is 179 Å². The van der Waals surface area contributed by atoms with Crippen LogP contribution in [0.1, 0.15) is 67.8 Å². The van der Waals surface area contributed by atoms with Crippen LogP contribution in [0, 0.1) is 0 Å². The number of hydrogen-bond donors (Lipinski definition) is 1. The summed E-state index contributed by atoms with van der Waals surface area (Å²) in [6.07, 6.45) is 5.47. The van der Waals surface area contributed by atoms with E-state index >= 15 is 0 Å². The average molecular weight is 409 g/mol. The third kappa shape index (κ3) is 5.85. The Morgan fingerprint density at radius 3 is 2.33 bits per heavy atom. The van der Waals surface area contributed by atoms with Gasteiger partial charge in [0, 0.05) is 13.1 Å². The van der Waals surface area contributed by atoms with Gasteiger partial charge in [0.25, 0.3) is 11.8 Å². The van der Waals surface area contributed by atoms with Gasteiger partial charge in [0.05, 0.1) is 11.3 Å². The van der Waals surface area contributed by atoms with Gasteiger partial charge in [0.15, 0.2) is 6.61 Å². The summed E-state index contributed by atoms with van der Waals surface area (Å²) in [7, 11) is 0. The van der Waals surface area contributed by atoms with Crippen LogP contribution < -0.4 is 10.1 Å². The number of rotatable bonds is 7. The van der Waals surface area contributed by atoms with Crippen LogP contribution in [0.3, 0.4) is 0 Å². The molecule has 5 heteroatoms. The van der Waals surface area contributed by atoms with Crippen LogP contribution in [0.25, 0.3) is 0 Å². The van der Waals surface area contributed by atoms with E-state index < -0.39 is 0 Å². The predicted molar refractivity (Wildman–Crippen MR) is 120 cm³/mol. The Balaban J connectivity index is 1.59. The quantitative estimate of drug-likeness (QED) is 0.682. The van der Waals surface area contributed by atoms with Crippen LogP contribution in [0.15, 0.2) is 48.5 Å². The summed E-state index contributed by atoms with van der Waals surface area (Å²) in [6, 6.07) is 15.1. The summed E-state index contributed by atoms with van der Waals surface area (Å²) in [4.78, 5) is 27.3. The molecule has 0 radical (unpaired) electrons.